The predicted molar refractivity (Wildman–Crippen MR) is 72.3 cm³/mol. The van der Waals surface area contributed by atoms with Crippen LogP contribution in [0.2, 0.25) is 0 Å². The Morgan fingerprint density at radius 3 is 2.56 bits per heavy atom. The SMILES string of the molecule is Brc1cccc(-n2nnnc2-c2ccccc2)c1. The Morgan fingerprint density at radius 1 is 0.944 bits per heavy atom. The summed E-state index contributed by atoms with van der Waals surface area (Å²) in [5.41, 5.74) is 1.91. The summed E-state index contributed by atoms with van der Waals surface area (Å²) in [6.07, 6.45) is 0. The summed E-state index contributed by atoms with van der Waals surface area (Å²) in [5.74, 6) is 0.730. The Labute approximate surface area is 112 Å². The van der Waals surface area contributed by atoms with Gasteiger partial charge in [-0.25, -0.2) is 0 Å². The van der Waals surface area contributed by atoms with Crippen LogP contribution in [-0.2, 0) is 0 Å². The third-order valence-electron chi connectivity index (χ3n) is 2.55. The Balaban J connectivity index is 2.13. The van der Waals surface area contributed by atoms with E-state index in [1.165, 1.54) is 0 Å². The first-order valence-electron chi connectivity index (χ1n) is 5.44. The van der Waals surface area contributed by atoms with E-state index in [-0.39, 0.29) is 0 Å². The molecule has 0 N–H and O–H groups in total. The van der Waals surface area contributed by atoms with Gasteiger partial charge < -0.3 is 0 Å². The van der Waals surface area contributed by atoms with Crippen molar-refractivity contribution in [3.8, 4) is 17.1 Å². The van der Waals surface area contributed by atoms with E-state index >= 15 is 0 Å². The molecule has 2 aromatic carbocycles. The highest BCUT2D eigenvalue weighted by atomic mass is 79.9. The summed E-state index contributed by atoms with van der Waals surface area (Å²) in [6, 6.07) is 17.7. The first-order valence-corrected chi connectivity index (χ1v) is 6.23. The molecule has 5 heteroatoms. The van der Waals surface area contributed by atoms with Gasteiger partial charge in [0, 0.05) is 10.0 Å². The van der Waals surface area contributed by atoms with E-state index in [9.17, 15) is 0 Å². The summed E-state index contributed by atoms with van der Waals surface area (Å²) in [5, 5.41) is 11.9. The number of hydrogen-bond donors (Lipinski definition) is 0. The van der Waals surface area contributed by atoms with E-state index in [0.717, 1.165) is 21.5 Å². The Kier molecular flexibility index (Phi) is 2.90. The van der Waals surface area contributed by atoms with Crippen LogP contribution < -0.4 is 0 Å². The smallest absolute Gasteiger partial charge is 0.187 e. The number of tetrazole rings is 1. The van der Waals surface area contributed by atoms with Crippen LogP contribution in [0.1, 0.15) is 0 Å². The van der Waals surface area contributed by atoms with Crippen LogP contribution in [0.25, 0.3) is 17.1 Å². The Morgan fingerprint density at radius 2 is 1.78 bits per heavy atom. The maximum absolute atomic E-state index is 4.08. The molecule has 0 unspecified atom stereocenters. The number of halogens is 1. The van der Waals surface area contributed by atoms with Crippen molar-refractivity contribution in [2.24, 2.45) is 0 Å². The fourth-order valence-electron chi connectivity index (χ4n) is 1.74. The van der Waals surface area contributed by atoms with Gasteiger partial charge in [0.05, 0.1) is 5.69 Å². The predicted octanol–water partition coefficient (Wildman–Crippen LogP) is 3.09. The summed E-state index contributed by atoms with van der Waals surface area (Å²) in [7, 11) is 0. The highest BCUT2D eigenvalue weighted by Gasteiger charge is 2.09. The molecule has 0 aliphatic carbocycles. The van der Waals surface area contributed by atoms with Crippen molar-refractivity contribution in [1.82, 2.24) is 20.2 Å². The fraction of sp³-hybridized carbons (Fsp3) is 0. The number of nitrogens with zero attached hydrogens (tertiary/aromatic N) is 4. The lowest BCUT2D eigenvalue weighted by Crippen LogP contribution is -1.99. The van der Waals surface area contributed by atoms with E-state index in [4.69, 9.17) is 0 Å². The zero-order valence-corrected chi connectivity index (χ0v) is 10.9. The van der Waals surface area contributed by atoms with Gasteiger partial charge in [-0.15, -0.1) is 5.10 Å². The number of aromatic nitrogens is 4. The van der Waals surface area contributed by atoms with Crippen molar-refractivity contribution in [1.29, 1.82) is 0 Å². The van der Waals surface area contributed by atoms with Crippen molar-refractivity contribution in [3.63, 3.8) is 0 Å². The third kappa shape index (κ3) is 2.04. The van der Waals surface area contributed by atoms with E-state index in [0.29, 0.717) is 0 Å². The van der Waals surface area contributed by atoms with Crippen molar-refractivity contribution in [3.05, 3.63) is 59.1 Å². The quantitative estimate of drug-likeness (QED) is 0.730. The fourth-order valence-corrected chi connectivity index (χ4v) is 2.12. The highest BCUT2D eigenvalue weighted by Crippen LogP contribution is 2.20. The molecule has 0 spiro atoms. The lowest BCUT2D eigenvalue weighted by atomic mass is 10.2. The van der Waals surface area contributed by atoms with Crippen LogP contribution in [0.4, 0.5) is 0 Å². The van der Waals surface area contributed by atoms with Crippen LogP contribution in [-0.4, -0.2) is 20.2 Å². The molecule has 0 saturated heterocycles. The van der Waals surface area contributed by atoms with Gasteiger partial charge in [-0.3, -0.25) is 0 Å². The van der Waals surface area contributed by atoms with Gasteiger partial charge in [0.15, 0.2) is 5.82 Å². The molecule has 3 rings (SSSR count). The molecule has 3 aromatic rings. The standard InChI is InChI=1S/C13H9BrN4/c14-11-7-4-8-12(9-11)18-13(15-16-17-18)10-5-2-1-3-6-10/h1-9H. The van der Waals surface area contributed by atoms with E-state index in [1.54, 1.807) is 4.68 Å². The average molecular weight is 301 g/mol. The van der Waals surface area contributed by atoms with Crippen molar-refractivity contribution in [2.75, 3.05) is 0 Å². The molecule has 0 fully saturated rings. The first kappa shape index (κ1) is 11.1. The topological polar surface area (TPSA) is 43.6 Å². The van der Waals surface area contributed by atoms with Crippen LogP contribution in [0.15, 0.2) is 59.1 Å². The van der Waals surface area contributed by atoms with Gasteiger partial charge in [-0.05, 0) is 28.6 Å². The molecule has 1 aromatic heterocycles. The summed E-state index contributed by atoms with van der Waals surface area (Å²) >= 11 is 3.45. The lowest BCUT2D eigenvalue weighted by molar-refractivity contribution is 0.791. The molecule has 0 bridgehead atoms. The molecular weight excluding hydrogens is 292 g/mol. The van der Waals surface area contributed by atoms with Gasteiger partial charge in [-0.1, -0.05) is 52.3 Å². The molecule has 0 radical (unpaired) electrons. The molecule has 0 aliphatic rings. The van der Waals surface area contributed by atoms with Crippen LogP contribution in [0, 0.1) is 0 Å². The Hall–Kier alpha value is -2.01. The second kappa shape index (κ2) is 4.70. The third-order valence-corrected chi connectivity index (χ3v) is 3.05. The molecule has 0 atom stereocenters. The molecule has 1 heterocycles. The van der Waals surface area contributed by atoms with E-state index < -0.39 is 0 Å². The zero-order chi connectivity index (χ0) is 12.4. The summed E-state index contributed by atoms with van der Waals surface area (Å²) < 4.78 is 2.72. The van der Waals surface area contributed by atoms with Crippen LogP contribution >= 0.6 is 15.9 Å². The van der Waals surface area contributed by atoms with Gasteiger partial charge in [-0.2, -0.15) is 4.68 Å². The number of benzene rings is 2. The lowest BCUT2D eigenvalue weighted by Gasteiger charge is -2.04. The van der Waals surface area contributed by atoms with E-state index in [2.05, 4.69) is 31.5 Å². The second-order valence-electron chi connectivity index (χ2n) is 3.76. The first-order chi connectivity index (χ1) is 8.84. The highest BCUT2D eigenvalue weighted by molar-refractivity contribution is 9.10. The average Bonchev–Trinajstić information content (AvgIpc) is 2.89. The van der Waals surface area contributed by atoms with Crippen LogP contribution in [0.3, 0.4) is 0 Å². The molecular formula is C13H9BrN4. The second-order valence-corrected chi connectivity index (χ2v) is 4.68. The normalized spacial score (nSPS) is 10.5. The van der Waals surface area contributed by atoms with Crippen LogP contribution in [0.5, 0.6) is 0 Å². The van der Waals surface area contributed by atoms with Gasteiger partial charge >= 0.3 is 0 Å². The zero-order valence-electron chi connectivity index (χ0n) is 9.36. The molecule has 18 heavy (non-hydrogen) atoms. The molecule has 4 nitrogen and oxygen atoms in total. The monoisotopic (exact) mass is 300 g/mol. The summed E-state index contributed by atoms with van der Waals surface area (Å²) in [4.78, 5) is 0. The van der Waals surface area contributed by atoms with Gasteiger partial charge in [0.25, 0.3) is 0 Å². The summed E-state index contributed by atoms with van der Waals surface area (Å²) in [6.45, 7) is 0. The van der Waals surface area contributed by atoms with Crippen molar-refractivity contribution < 1.29 is 0 Å². The van der Waals surface area contributed by atoms with Crippen molar-refractivity contribution >= 4 is 15.9 Å². The van der Waals surface area contributed by atoms with Crippen molar-refractivity contribution in [2.45, 2.75) is 0 Å². The molecule has 0 aliphatic heterocycles. The van der Waals surface area contributed by atoms with Gasteiger partial charge in [0.2, 0.25) is 0 Å². The minimum atomic E-state index is 0.730. The minimum absolute atomic E-state index is 0.730. The number of hydrogen-bond acceptors (Lipinski definition) is 3. The van der Waals surface area contributed by atoms with Gasteiger partial charge in [0.1, 0.15) is 0 Å². The largest absolute Gasteiger partial charge is 0.193 e. The number of rotatable bonds is 2. The molecule has 88 valence electrons. The molecule has 0 amide bonds. The maximum atomic E-state index is 4.08. The Bertz CT molecular complexity index is 664. The van der Waals surface area contributed by atoms with E-state index in [1.807, 2.05) is 54.6 Å². The minimum Gasteiger partial charge on any atom is -0.193 e. The molecule has 0 saturated carbocycles. The maximum Gasteiger partial charge on any atom is 0.187 e.